The van der Waals surface area contributed by atoms with E-state index in [2.05, 4.69) is 5.32 Å². The summed E-state index contributed by atoms with van der Waals surface area (Å²) in [6.07, 6.45) is 1.09. The number of nitrogens with one attached hydrogen (secondary N) is 1. The minimum Gasteiger partial charge on any atom is -0.508 e. The smallest absolute Gasteiger partial charge is 0.217 e. The third kappa shape index (κ3) is 3.45. The van der Waals surface area contributed by atoms with Gasteiger partial charge in [0.1, 0.15) is 5.75 Å². The van der Waals surface area contributed by atoms with Crippen molar-refractivity contribution in [1.29, 1.82) is 0 Å². The van der Waals surface area contributed by atoms with E-state index in [1.54, 1.807) is 6.07 Å². The summed E-state index contributed by atoms with van der Waals surface area (Å²) in [5, 5.41) is 15.3. The average Bonchev–Trinajstić information content (AvgIpc) is 2.40. The summed E-state index contributed by atoms with van der Waals surface area (Å²) in [6.45, 7) is 1.28. The van der Waals surface area contributed by atoms with E-state index in [9.17, 15) is 9.90 Å². The van der Waals surface area contributed by atoms with Crippen molar-refractivity contribution >= 4 is 16.7 Å². The number of phenols is 1. The normalized spacial score (nSPS) is 10.7. The van der Waals surface area contributed by atoms with Crippen LogP contribution in [0.4, 0.5) is 0 Å². The van der Waals surface area contributed by atoms with E-state index in [1.165, 1.54) is 0 Å². The highest BCUT2D eigenvalue weighted by atomic mass is 16.3. The molecule has 2 aromatic rings. The van der Waals surface area contributed by atoms with Crippen molar-refractivity contribution in [3.8, 4) is 5.75 Å². The molecule has 4 N–H and O–H groups in total. The fraction of sp³-hybridized carbons (Fsp3) is 0.267. The van der Waals surface area contributed by atoms with Crippen molar-refractivity contribution in [2.45, 2.75) is 19.4 Å². The van der Waals surface area contributed by atoms with Gasteiger partial charge in [0.2, 0.25) is 5.91 Å². The molecule has 0 aliphatic carbocycles. The van der Waals surface area contributed by atoms with Gasteiger partial charge >= 0.3 is 0 Å². The molecule has 0 spiro atoms. The van der Waals surface area contributed by atoms with Crippen molar-refractivity contribution in [2.24, 2.45) is 5.73 Å². The lowest BCUT2D eigenvalue weighted by molar-refractivity contribution is -0.118. The molecule has 0 bridgehead atoms. The number of amides is 1. The van der Waals surface area contributed by atoms with Gasteiger partial charge in [0.15, 0.2) is 0 Å². The van der Waals surface area contributed by atoms with Crippen molar-refractivity contribution in [3.05, 3.63) is 42.0 Å². The summed E-state index contributed by atoms with van der Waals surface area (Å²) in [4.78, 5) is 10.6. The van der Waals surface area contributed by atoms with Crippen molar-refractivity contribution in [2.75, 3.05) is 6.54 Å². The van der Waals surface area contributed by atoms with Gasteiger partial charge in [-0.1, -0.05) is 30.3 Å². The van der Waals surface area contributed by atoms with Crippen LogP contribution < -0.4 is 11.1 Å². The van der Waals surface area contributed by atoms with Crippen LogP contribution in [-0.4, -0.2) is 17.6 Å². The van der Waals surface area contributed by atoms with Crippen LogP contribution in [0.2, 0.25) is 0 Å². The molecule has 2 rings (SSSR count). The summed E-state index contributed by atoms with van der Waals surface area (Å²) in [5.41, 5.74) is 5.96. The van der Waals surface area contributed by atoms with Crippen LogP contribution in [0.3, 0.4) is 0 Å². The van der Waals surface area contributed by atoms with Gasteiger partial charge in [-0.25, -0.2) is 0 Å². The molecular weight excluding hydrogens is 240 g/mol. The molecule has 0 radical (unpaired) electrons. The Hall–Kier alpha value is -2.07. The van der Waals surface area contributed by atoms with Gasteiger partial charge in [0.05, 0.1) is 0 Å². The fourth-order valence-corrected chi connectivity index (χ4v) is 2.11. The van der Waals surface area contributed by atoms with E-state index >= 15 is 0 Å². The predicted molar refractivity (Wildman–Crippen MR) is 75.7 cm³/mol. The molecule has 0 aliphatic heterocycles. The van der Waals surface area contributed by atoms with Crippen LogP contribution in [0.1, 0.15) is 18.4 Å². The minimum atomic E-state index is -0.283. The van der Waals surface area contributed by atoms with Crippen LogP contribution in [0.15, 0.2) is 36.4 Å². The van der Waals surface area contributed by atoms with Crippen molar-refractivity contribution in [3.63, 3.8) is 0 Å². The quantitative estimate of drug-likeness (QED) is 0.693. The van der Waals surface area contributed by atoms with Crippen LogP contribution in [0, 0.1) is 0 Å². The summed E-state index contributed by atoms with van der Waals surface area (Å²) in [5.74, 6) is 0.0101. The first kappa shape index (κ1) is 13.4. The monoisotopic (exact) mass is 258 g/mol. The number of rotatable bonds is 6. The Kier molecular flexibility index (Phi) is 4.36. The number of phenolic OH excluding ortho intramolecular Hbond substituents is 1. The lowest BCUT2D eigenvalue weighted by Gasteiger charge is -2.10. The average molecular weight is 258 g/mol. The van der Waals surface area contributed by atoms with Crippen molar-refractivity contribution in [1.82, 2.24) is 5.32 Å². The highest BCUT2D eigenvalue weighted by molar-refractivity contribution is 5.87. The van der Waals surface area contributed by atoms with E-state index in [4.69, 9.17) is 5.73 Å². The van der Waals surface area contributed by atoms with Gasteiger partial charge in [0.25, 0.3) is 0 Å². The van der Waals surface area contributed by atoms with Gasteiger partial charge in [-0.15, -0.1) is 0 Å². The number of benzene rings is 2. The summed E-state index contributed by atoms with van der Waals surface area (Å²) >= 11 is 0. The van der Waals surface area contributed by atoms with Gasteiger partial charge in [-0.05, 0) is 29.8 Å². The molecule has 19 heavy (non-hydrogen) atoms. The maximum absolute atomic E-state index is 10.6. The number of hydrogen-bond acceptors (Lipinski definition) is 3. The Morgan fingerprint density at radius 2 is 2.00 bits per heavy atom. The molecule has 4 nitrogen and oxygen atoms in total. The Bertz CT molecular complexity index is 581. The highest BCUT2D eigenvalue weighted by Gasteiger charge is 2.06. The fourth-order valence-electron chi connectivity index (χ4n) is 2.11. The minimum absolute atomic E-state index is 0.283. The second kappa shape index (κ2) is 6.20. The lowest BCUT2D eigenvalue weighted by Crippen LogP contribution is -2.18. The molecular formula is C15H18N2O2. The third-order valence-electron chi connectivity index (χ3n) is 3.09. The number of aromatic hydroxyl groups is 1. The van der Waals surface area contributed by atoms with Gasteiger partial charge in [-0.2, -0.15) is 0 Å². The van der Waals surface area contributed by atoms with E-state index in [-0.39, 0.29) is 5.91 Å². The Morgan fingerprint density at radius 1 is 1.21 bits per heavy atom. The third-order valence-corrected chi connectivity index (χ3v) is 3.09. The molecule has 0 saturated carbocycles. The maximum atomic E-state index is 10.6. The molecule has 1 amide bonds. The molecule has 2 aromatic carbocycles. The van der Waals surface area contributed by atoms with E-state index in [0.717, 1.165) is 16.3 Å². The van der Waals surface area contributed by atoms with Crippen LogP contribution >= 0.6 is 0 Å². The second-order valence-electron chi connectivity index (χ2n) is 4.53. The number of carbonyl (C=O) groups is 1. The van der Waals surface area contributed by atoms with Crippen LogP contribution in [0.5, 0.6) is 5.75 Å². The molecule has 0 unspecified atom stereocenters. The number of primary amides is 1. The van der Waals surface area contributed by atoms with Gasteiger partial charge < -0.3 is 16.2 Å². The number of nitrogens with two attached hydrogens (primary N) is 1. The zero-order valence-electron chi connectivity index (χ0n) is 10.7. The molecule has 4 heteroatoms. The van der Waals surface area contributed by atoms with Gasteiger partial charge in [0, 0.05) is 18.5 Å². The molecule has 0 aliphatic rings. The van der Waals surface area contributed by atoms with E-state index < -0.39 is 0 Å². The SMILES string of the molecule is NC(=O)CCCNCc1c(O)ccc2ccccc12. The van der Waals surface area contributed by atoms with Gasteiger partial charge in [-0.3, -0.25) is 4.79 Å². The number of hydrogen-bond donors (Lipinski definition) is 3. The second-order valence-corrected chi connectivity index (χ2v) is 4.53. The standard InChI is InChI=1S/C15H18N2O2/c16-15(19)6-3-9-17-10-13-12-5-2-1-4-11(12)7-8-14(13)18/h1-2,4-5,7-8,17-18H,3,6,9-10H2,(H2,16,19). The molecule has 0 saturated heterocycles. The van der Waals surface area contributed by atoms with Crippen LogP contribution in [0.25, 0.3) is 10.8 Å². The van der Waals surface area contributed by atoms with E-state index in [1.807, 2.05) is 30.3 Å². The molecule has 0 heterocycles. The van der Waals surface area contributed by atoms with E-state index in [0.29, 0.717) is 31.7 Å². The maximum Gasteiger partial charge on any atom is 0.217 e. The molecule has 0 fully saturated rings. The Labute approximate surface area is 112 Å². The molecule has 0 aromatic heterocycles. The predicted octanol–water partition coefficient (Wildman–Crippen LogP) is 1.90. The van der Waals surface area contributed by atoms with Crippen molar-refractivity contribution < 1.29 is 9.90 Å². The summed E-state index contributed by atoms with van der Waals surface area (Å²) in [7, 11) is 0. The first-order valence-electron chi connectivity index (χ1n) is 6.37. The zero-order valence-corrected chi connectivity index (χ0v) is 10.7. The molecule has 0 atom stereocenters. The Balaban J connectivity index is 2.03. The molecule has 100 valence electrons. The topological polar surface area (TPSA) is 75.4 Å². The number of carbonyl (C=O) groups excluding carboxylic acids is 1. The zero-order chi connectivity index (χ0) is 13.7. The largest absolute Gasteiger partial charge is 0.508 e. The van der Waals surface area contributed by atoms with Crippen LogP contribution in [-0.2, 0) is 11.3 Å². The highest BCUT2D eigenvalue weighted by Crippen LogP contribution is 2.26. The summed E-state index contributed by atoms with van der Waals surface area (Å²) < 4.78 is 0. The first-order chi connectivity index (χ1) is 9.18. The Morgan fingerprint density at radius 3 is 2.79 bits per heavy atom. The number of fused-ring (bicyclic) bond motifs is 1. The lowest BCUT2D eigenvalue weighted by atomic mass is 10.0. The first-order valence-corrected chi connectivity index (χ1v) is 6.37. The summed E-state index contributed by atoms with van der Waals surface area (Å²) in [6, 6.07) is 11.6.